The van der Waals surface area contributed by atoms with Crippen molar-refractivity contribution in [3.8, 4) is 5.75 Å². The molecule has 0 bridgehead atoms. The molecular formula is C14H19N3O3. The number of hydrogen-bond donors (Lipinski definition) is 3. The van der Waals surface area contributed by atoms with E-state index in [4.69, 9.17) is 15.7 Å². The molecule has 1 aromatic rings. The van der Waals surface area contributed by atoms with Gasteiger partial charge >= 0.3 is 0 Å². The van der Waals surface area contributed by atoms with Gasteiger partial charge in [-0.05, 0) is 24.5 Å². The maximum Gasteiger partial charge on any atom is 0.258 e. The van der Waals surface area contributed by atoms with Crippen molar-refractivity contribution in [1.82, 2.24) is 5.32 Å². The van der Waals surface area contributed by atoms with E-state index in [2.05, 4.69) is 17.4 Å². The highest BCUT2D eigenvalue weighted by Crippen LogP contribution is 2.32. The molecule has 1 saturated carbocycles. The van der Waals surface area contributed by atoms with Gasteiger partial charge in [-0.3, -0.25) is 4.79 Å². The number of hydrogen-bond acceptors (Lipinski definition) is 4. The number of benzene rings is 1. The van der Waals surface area contributed by atoms with E-state index in [1.54, 1.807) is 24.3 Å². The molecule has 2 rings (SSSR count). The number of nitrogens with one attached hydrogen (secondary N) is 1. The first-order chi connectivity index (χ1) is 9.65. The Hall–Kier alpha value is -2.24. The first-order valence-electron chi connectivity index (χ1n) is 6.64. The minimum Gasteiger partial charge on any atom is -0.483 e. The smallest absolute Gasteiger partial charge is 0.258 e. The van der Waals surface area contributed by atoms with Gasteiger partial charge in [0, 0.05) is 6.04 Å². The summed E-state index contributed by atoms with van der Waals surface area (Å²) in [6.07, 6.45) is 2.13. The lowest BCUT2D eigenvalue weighted by molar-refractivity contribution is -0.123. The summed E-state index contributed by atoms with van der Waals surface area (Å²) in [6, 6.07) is 7.13. The van der Waals surface area contributed by atoms with Crippen LogP contribution in [0, 0.1) is 5.92 Å². The van der Waals surface area contributed by atoms with Gasteiger partial charge in [-0.2, -0.15) is 0 Å². The highest BCUT2D eigenvalue weighted by molar-refractivity contribution is 5.99. The third-order valence-corrected chi connectivity index (χ3v) is 3.42. The number of para-hydroxylation sites is 1. The summed E-state index contributed by atoms with van der Waals surface area (Å²) in [4.78, 5) is 11.7. The largest absolute Gasteiger partial charge is 0.483 e. The van der Waals surface area contributed by atoms with Crippen LogP contribution in [0.5, 0.6) is 5.75 Å². The van der Waals surface area contributed by atoms with Crippen LogP contribution in [-0.4, -0.2) is 29.6 Å². The number of amides is 1. The maximum atomic E-state index is 11.7. The second-order valence-corrected chi connectivity index (χ2v) is 4.85. The average Bonchev–Trinajstić information content (AvgIpc) is 3.22. The number of nitrogens with two attached hydrogens (primary N) is 1. The lowest BCUT2D eigenvalue weighted by atomic mass is 10.2. The van der Waals surface area contributed by atoms with E-state index in [1.807, 2.05) is 0 Å². The van der Waals surface area contributed by atoms with Crippen LogP contribution < -0.4 is 15.8 Å². The first-order valence-corrected chi connectivity index (χ1v) is 6.64. The van der Waals surface area contributed by atoms with E-state index in [0.717, 1.165) is 12.8 Å². The zero-order chi connectivity index (χ0) is 14.5. The lowest BCUT2D eigenvalue weighted by Crippen LogP contribution is -2.31. The van der Waals surface area contributed by atoms with Crippen LogP contribution in [0.25, 0.3) is 0 Å². The van der Waals surface area contributed by atoms with Crippen molar-refractivity contribution in [2.45, 2.75) is 25.8 Å². The molecule has 1 aliphatic carbocycles. The van der Waals surface area contributed by atoms with Gasteiger partial charge in [0.15, 0.2) is 12.4 Å². The van der Waals surface area contributed by atoms with E-state index < -0.39 is 0 Å². The van der Waals surface area contributed by atoms with Crippen molar-refractivity contribution in [2.24, 2.45) is 16.8 Å². The lowest BCUT2D eigenvalue weighted by Gasteiger charge is -2.10. The highest BCUT2D eigenvalue weighted by atomic mass is 16.5. The van der Waals surface area contributed by atoms with E-state index in [9.17, 15) is 4.79 Å². The van der Waals surface area contributed by atoms with Crippen molar-refractivity contribution in [2.75, 3.05) is 6.61 Å². The predicted molar refractivity (Wildman–Crippen MR) is 74.8 cm³/mol. The SMILES string of the molecule is CCC1CC1NC(=O)COc1ccccc1/C(N)=N/O. The van der Waals surface area contributed by atoms with Crippen molar-refractivity contribution in [3.63, 3.8) is 0 Å². The van der Waals surface area contributed by atoms with Crippen LogP contribution in [0.15, 0.2) is 29.4 Å². The zero-order valence-electron chi connectivity index (χ0n) is 11.4. The summed E-state index contributed by atoms with van der Waals surface area (Å²) < 4.78 is 5.44. The van der Waals surface area contributed by atoms with Gasteiger partial charge in [-0.25, -0.2) is 0 Å². The topological polar surface area (TPSA) is 96.9 Å². The number of oxime groups is 1. The summed E-state index contributed by atoms with van der Waals surface area (Å²) in [5.41, 5.74) is 6.01. The fraction of sp³-hybridized carbons (Fsp3) is 0.429. The summed E-state index contributed by atoms with van der Waals surface area (Å²) in [5, 5.41) is 14.6. The Morgan fingerprint density at radius 2 is 2.30 bits per heavy atom. The maximum absolute atomic E-state index is 11.7. The van der Waals surface area contributed by atoms with Gasteiger partial charge in [0.05, 0.1) is 5.56 Å². The van der Waals surface area contributed by atoms with Crippen molar-refractivity contribution >= 4 is 11.7 Å². The van der Waals surface area contributed by atoms with E-state index in [1.165, 1.54) is 0 Å². The molecule has 2 atom stereocenters. The molecule has 1 amide bonds. The molecular weight excluding hydrogens is 258 g/mol. The quantitative estimate of drug-likeness (QED) is 0.313. The Morgan fingerprint density at radius 3 is 2.95 bits per heavy atom. The number of ether oxygens (including phenoxy) is 1. The number of amidine groups is 1. The molecule has 1 fully saturated rings. The second-order valence-electron chi connectivity index (χ2n) is 4.85. The fourth-order valence-electron chi connectivity index (χ4n) is 2.13. The Kier molecular flexibility index (Phi) is 4.45. The molecule has 0 heterocycles. The summed E-state index contributed by atoms with van der Waals surface area (Å²) in [7, 11) is 0. The average molecular weight is 277 g/mol. The number of rotatable bonds is 6. The third-order valence-electron chi connectivity index (χ3n) is 3.42. The predicted octanol–water partition coefficient (Wildman–Crippen LogP) is 1.07. The van der Waals surface area contributed by atoms with Crippen molar-refractivity contribution < 1.29 is 14.7 Å². The Bertz CT molecular complexity index is 516. The molecule has 20 heavy (non-hydrogen) atoms. The van der Waals surface area contributed by atoms with Gasteiger partial charge in [-0.1, -0.05) is 30.6 Å². The molecule has 0 radical (unpaired) electrons. The van der Waals surface area contributed by atoms with Crippen LogP contribution in [0.3, 0.4) is 0 Å². The van der Waals surface area contributed by atoms with Gasteiger partial charge in [-0.15, -0.1) is 0 Å². The Labute approximate surface area is 117 Å². The molecule has 0 aromatic heterocycles. The molecule has 0 aliphatic heterocycles. The molecule has 6 heteroatoms. The van der Waals surface area contributed by atoms with Crippen LogP contribution in [0.2, 0.25) is 0 Å². The van der Waals surface area contributed by atoms with Gasteiger partial charge in [0.1, 0.15) is 5.75 Å². The fourth-order valence-corrected chi connectivity index (χ4v) is 2.13. The molecule has 0 saturated heterocycles. The minimum atomic E-state index is -0.153. The number of carbonyl (C=O) groups excluding carboxylic acids is 1. The normalized spacial score (nSPS) is 21.4. The van der Waals surface area contributed by atoms with Gasteiger partial charge in [0.25, 0.3) is 5.91 Å². The van der Waals surface area contributed by atoms with E-state index in [-0.39, 0.29) is 24.4 Å². The molecule has 0 spiro atoms. The van der Waals surface area contributed by atoms with Crippen LogP contribution >= 0.6 is 0 Å². The Morgan fingerprint density at radius 1 is 1.55 bits per heavy atom. The van der Waals surface area contributed by atoms with Crippen molar-refractivity contribution in [1.29, 1.82) is 0 Å². The molecule has 1 aliphatic rings. The summed E-state index contributed by atoms with van der Waals surface area (Å²) >= 11 is 0. The van der Waals surface area contributed by atoms with Gasteiger partial charge < -0.3 is 21.0 Å². The molecule has 6 nitrogen and oxygen atoms in total. The van der Waals surface area contributed by atoms with Crippen molar-refractivity contribution in [3.05, 3.63) is 29.8 Å². The monoisotopic (exact) mass is 277 g/mol. The zero-order valence-corrected chi connectivity index (χ0v) is 11.4. The number of carbonyl (C=O) groups is 1. The van der Waals surface area contributed by atoms with Gasteiger partial charge in [0.2, 0.25) is 0 Å². The molecule has 1 aromatic carbocycles. The Balaban J connectivity index is 1.89. The van der Waals surface area contributed by atoms with E-state index in [0.29, 0.717) is 17.2 Å². The highest BCUT2D eigenvalue weighted by Gasteiger charge is 2.36. The first kappa shape index (κ1) is 14.2. The molecule has 108 valence electrons. The molecule has 4 N–H and O–H groups in total. The standard InChI is InChI=1S/C14H19N3O3/c1-2-9-7-11(9)16-13(18)8-20-12-6-4-3-5-10(12)14(15)17-19/h3-6,9,11,19H,2,7-8H2,1H3,(H2,15,17)(H,16,18). The van der Waals surface area contributed by atoms with Crippen LogP contribution in [-0.2, 0) is 4.79 Å². The summed E-state index contributed by atoms with van der Waals surface area (Å²) in [5.74, 6) is 0.818. The molecule has 2 unspecified atom stereocenters. The van der Waals surface area contributed by atoms with E-state index >= 15 is 0 Å². The van der Waals surface area contributed by atoms with Crippen LogP contribution in [0.1, 0.15) is 25.3 Å². The third kappa shape index (κ3) is 3.40. The minimum absolute atomic E-state index is 0.0470. The summed E-state index contributed by atoms with van der Waals surface area (Å²) in [6.45, 7) is 2.03. The number of nitrogens with zero attached hydrogens (tertiary/aromatic N) is 1. The van der Waals surface area contributed by atoms with Crippen LogP contribution in [0.4, 0.5) is 0 Å². The second kappa shape index (κ2) is 6.27.